The van der Waals surface area contributed by atoms with E-state index >= 15 is 0 Å². The van der Waals surface area contributed by atoms with Gasteiger partial charge in [0.15, 0.2) is 0 Å². The Kier molecular flexibility index (Phi) is 7.93. The molecule has 3 aliphatic rings. The fraction of sp³-hybridized carbons (Fsp3) is 0.588. The molecule has 0 heterocycles. The van der Waals surface area contributed by atoms with E-state index < -0.39 is 0 Å². The molecule has 2 aromatic rings. The molecule has 1 atom stereocenters. The Balaban J connectivity index is 1.19. The lowest BCUT2D eigenvalue weighted by Gasteiger charge is -2.36. The molecule has 0 bridgehead atoms. The van der Waals surface area contributed by atoms with Crippen molar-refractivity contribution in [3.63, 3.8) is 0 Å². The number of allylic oxidation sites excluding steroid dienone is 1. The molecule has 0 saturated heterocycles. The van der Waals surface area contributed by atoms with Crippen molar-refractivity contribution < 1.29 is 0 Å². The van der Waals surface area contributed by atoms with Gasteiger partial charge < -0.3 is 0 Å². The number of aryl methyl sites for hydroxylation is 1. The molecule has 1 unspecified atom stereocenters. The van der Waals surface area contributed by atoms with Crippen LogP contribution in [0.1, 0.15) is 107 Å². The smallest absolute Gasteiger partial charge is 0.0162 e. The number of benzene rings is 2. The maximum Gasteiger partial charge on any atom is -0.0162 e. The first-order valence-corrected chi connectivity index (χ1v) is 14.6. The van der Waals surface area contributed by atoms with Gasteiger partial charge in [-0.3, -0.25) is 0 Å². The molecular weight excluding hydrogens is 408 g/mol. The molecule has 0 nitrogen and oxygen atoms in total. The minimum Gasteiger partial charge on any atom is -0.103 e. The summed E-state index contributed by atoms with van der Waals surface area (Å²) in [5.74, 6) is 4.62. The van der Waals surface area contributed by atoms with Crippen LogP contribution in [0.25, 0.3) is 11.1 Å². The minimum atomic E-state index is 0.766. The number of hydrogen-bond acceptors (Lipinski definition) is 0. The quantitative estimate of drug-likeness (QED) is 0.365. The number of hydrogen-bond donors (Lipinski definition) is 0. The molecule has 34 heavy (non-hydrogen) atoms. The largest absolute Gasteiger partial charge is 0.103 e. The summed E-state index contributed by atoms with van der Waals surface area (Å²) >= 11 is 0. The molecule has 0 aromatic heterocycles. The maximum atomic E-state index is 3.89. The zero-order valence-corrected chi connectivity index (χ0v) is 21.6. The molecule has 0 spiro atoms. The zero-order chi connectivity index (χ0) is 23.3. The average Bonchev–Trinajstić information content (AvgIpc) is 2.92. The summed E-state index contributed by atoms with van der Waals surface area (Å²) in [6.07, 6.45) is 21.5. The molecule has 2 fully saturated rings. The standard InChI is InChI=1S/C34H46/c1-3-5-6-26-9-13-27(14-10-26)28-15-17-30(18-16-28)32-20-22-33-23-31(19-21-34(33)24-32)29-11-7-25(4-2)8-12-29/h3,15-18,20,22,24-27,29,31H,1,4-14,19,21,23H2,2H3. The predicted octanol–water partition coefficient (Wildman–Crippen LogP) is 9.91. The first-order chi connectivity index (χ1) is 16.7. The summed E-state index contributed by atoms with van der Waals surface area (Å²) < 4.78 is 0. The van der Waals surface area contributed by atoms with Crippen LogP contribution in [0.2, 0.25) is 0 Å². The van der Waals surface area contributed by atoms with Crippen molar-refractivity contribution in [2.45, 2.75) is 103 Å². The van der Waals surface area contributed by atoms with Crippen LogP contribution in [0.15, 0.2) is 55.1 Å². The Morgan fingerprint density at radius 1 is 0.735 bits per heavy atom. The van der Waals surface area contributed by atoms with Gasteiger partial charge in [0.1, 0.15) is 0 Å². The van der Waals surface area contributed by atoms with Crippen LogP contribution in [-0.2, 0) is 12.8 Å². The van der Waals surface area contributed by atoms with Gasteiger partial charge in [-0.05, 0) is 128 Å². The third-order valence-electron chi connectivity index (χ3n) is 9.95. The van der Waals surface area contributed by atoms with Crippen molar-refractivity contribution in [2.24, 2.45) is 23.7 Å². The molecule has 0 amide bonds. The summed E-state index contributed by atoms with van der Waals surface area (Å²) in [5, 5.41) is 0. The second kappa shape index (κ2) is 11.3. The van der Waals surface area contributed by atoms with Crippen LogP contribution < -0.4 is 0 Å². The van der Waals surface area contributed by atoms with Crippen molar-refractivity contribution in [1.29, 1.82) is 0 Å². The van der Waals surface area contributed by atoms with Crippen LogP contribution in [0, 0.1) is 23.7 Å². The first kappa shape index (κ1) is 23.9. The second-order valence-electron chi connectivity index (χ2n) is 11.9. The van der Waals surface area contributed by atoms with Gasteiger partial charge in [-0.25, -0.2) is 0 Å². The van der Waals surface area contributed by atoms with Gasteiger partial charge in [0.05, 0.1) is 0 Å². The molecule has 182 valence electrons. The van der Waals surface area contributed by atoms with Crippen molar-refractivity contribution in [2.75, 3.05) is 0 Å². The normalized spacial score (nSPS) is 29.4. The van der Waals surface area contributed by atoms with Gasteiger partial charge >= 0.3 is 0 Å². The van der Waals surface area contributed by atoms with Crippen LogP contribution >= 0.6 is 0 Å². The van der Waals surface area contributed by atoms with Gasteiger partial charge in [0.2, 0.25) is 0 Å². The Bertz CT molecular complexity index is 919. The van der Waals surface area contributed by atoms with Gasteiger partial charge in [0, 0.05) is 0 Å². The third-order valence-corrected chi connectivity index (χ3v) is 9.95. The van der Waals surface area contributed by atoms with Gasteiger partial charge in [0.25, 0.3) is 0 Å². The van der Waals surface area contributed by atoms with E-state index in [1.54, 1.807) is 16.7 Å². The highest BCUT2D eigenvalue weighted by molar-refractivity contribution is 5.65. The highest BCUT2D eigenvalue weighted by Crippen LogP contribution is 2.41. The van der Waals surface area contributed by atoms with Crippen molar-refractivity contribution in [1.82, 2.24) is 0 Å². The summed E-state index contributed by atoms with van der Waals surface area (Å²) in [4.78, 5) is 0. The molecular formula is C34H46. The van der Waals surface area contributed by atoms with Crippen molar-refractivity contribution >= 4 is 0 Å². The molecule has 0 heteroatoms. The van der Waals surface area contributed by atoms with Crippen molar-refractivity contribution in [3.8, 4) is 11.1 Å². The maximum absolute atomic E-state index is 3.89. The molecule has 0 radical (unpaired) electrons. The van der Waals surface area contributed by atoms with E-state index in [1.807, 2.05) is 0 Å². The number of rotatable bonds is 7. The Labute approximate surface area is 209 Å². The lowest BCUT2D eigenvalue weighted by molar-refractivity contribution is 0.187. The lowest BCUT2D eigenvalue weighted by Crippen LogP contribution is -2.26. The molecule has 3 aliphatic carbocycles. The first-order valence-electron chi connectivity index (χ1n) is 14.6. The fourth-order valence-electron chi connectivity index (χ4n) is 7.52. The SMILES string of the molecule is C=CCCC1CCC(c2ccc(-c3ccc4c(c3)CCC(C3CCC(CC)CC3)C4)cc2)CC1. The summed E-state index contributed by atoms with van der Waals surface area (Å²) in [6.45, 7) is 6.27. The Morgan fingerprint density at radius 3 is 2.15 bits per heavy atom. The lowest BCUT2D eigenvalue weighted by atomic mass is 9.69. The van der Waals surface area contributed by atoms with E-state index in [2.05, 4.69) is 62.0 Å². The topological polar surface area (TPSA) is 0 Å². The van der Waals surface area contributed by atoms with Crippen LogP contribution in [-0.4, -0.2) is 0 Å². The Hall–Kier alpha value is -1.82. The summed E-state index contributed by atoms with van der Waals surface area (Å²) in [7, 11) is 0. The second-order valence-corrected chi connectivity index (χ2v) is 11.9. The van der Waals surface area contributed by atoms with E-state index in [0.29, 0.717) is 0 Å². The van der Waals surface area contributed by atoms with Crippen LogP contribution in [0.3, 0.4) is 0 Å². The van der Waals surface area contributed by atoms with E-state index in [4.69, 9.17) is 0 Å². The minimum absolute atomic E-state index is 0.766. The molecule has 2 saturated carbocycles. The molecule has 0 N–H and O–H groups in total. The van der Waals surface area contributed by atoms with Crippen LogP contribution in [0.5, 0.6) is 0 Å². The highest BCUT2D eigenvalue weighted by Gasteiger charge is 2.30. The predicted molar refractivity (Wildman–Crippen MR) is 147 cm³/mol. The fourth-order valence-corrected chi connectivity index (χ4v) is 7.52. The van der Waals surface area contributed by atoms with Gasteiger partial charge in [-0.15, -0.1) is 6.58 Å². The van der Waals surface area contributed by atoms with E-state index in [1.165, 1.54) is 101 Å². The Morgan fingerprint density at radius 2 is 1.44 bits per heavy atom. The average molecular weight is 455 g/mol. The molecule has 5 rings (SSSR count). The third kappa shape index (κ3) is 5.53. The molecule has 2 aromatic carbocycles. The van der Waals surface area contributed by atoms with Gasteiger partial charge in [-0.2, -0.15) is 0 Å². The van der Waals surface area contributed by atoms with E-state index in [0.717, 1.165) is 29.6 Å². The summed E-state index contributed by atoms with van der Waals surface area (Å²) in [6, 6.07) is 17.0. The van der Waals surface area contributed by atoms with E-state index in [9.17, 15) is 0 Å². The summed E-state index contributed by atoms with van der Waals surface area (Å²) in [5.41, 5.74) is 7.64. The molecule has 0 aliphatic heterocycles. The van der Waals surface area contributed by atoms with Crippen LogP contribution in [0.4, 0.5) is 0 Å². The van der Waals surface area contributed by atoms with E-state index in [-0.39, 0.29) is 0 Å². The zero-order valence-electron chi connectivity index (χ0n) is 21.6. The van der Waals surface area contributed by atoms with Gasteiger partial charge in [-0.1, -0.05) is 74.7 Å². The van der Waals surface area contributed by atoms with Crippen molar-refractivity contribution in [3.05, 3.63) is 71.8 Å². The number of fused-ring (bicyclic) bond motifs is 1. The highest BCUT2D eigenvalue weighted by atomic mass is 14.3. The monoisotopic (exact) mass is 454 g/mol.